The van der Waals surface area contributed by atoms with Crippen LogP contribution in [0, 0.1) is 0 Å². The summed E-state index contributed by atoms with van der Waals surface area (Å²) in [6.07, 6.45) is 0. The van der Waals surface area contributed by atoms with Crippen molar-refractivity contribution in [3.05, 3.63) is 204 Å². The van der Waals surface area contributed by atoms with Gasteiger partial charge in [-0.2, -0.15) is 0 Å². The van der Waals surface area contributed by atoms with Gasteiger partial charge in [-0.25, -0.2) is 0 Å². The van der Waals surface area contributed by atoms with E-state index < -0.39 is 5.41 Å². The van der Waals surface area contributed by atoms with Gasteiger partial charge in [0, 0.05) is 16.3 Å². The van der Waals surface area contributed by atoms with Gasteiger partial charge >= 0.3 is 0 Å². The van der Waals surface area contributed by atoms with Crippen molar-refractivity contribution in [1.82, 2.24) is 0 Å². The summed E-state index contributed by atoms with van der Waals surface area (Å²) >= 11 is 0. The molecule has 0 atom stereocenters. The Morgan fingerprint density at radius 1 is 0.464 bits per heavy atom. The quantitative estimate of drug-likeness (QED) is 0.162. The predicted octanol–water partition coefficient (Wildman–Crippen LogP) is 14.9. The molecule has 2 aliphatic rings. The first-order valence-corrected chi connectivity index (χ1v) is 19.4. The number of hydrogen-bond donors (Lipinski definition) is 0. The summed E-state index contributed by atoms with van der Waals surface area (Å²) < 4.78 is 44.4. The number of fused-ring (bicyclic) bond motifs is 15. The molecule has 0 N–H and O–H groups in total. The van der Waals surface area contributed by atoms with Gasteiger partial charge in [0.05, 0.1) is 10.9 Å². The van der Waals surface area contributed by atoms with Crippen LogP contribution >= 0.6 is 0 Å². The first-order valence-electron chi connectivity index (χ1n) is 21.4. The Labute approximate surface area is 332 Å². The smallest absolute Gasteiger partial charge is 0.142 e. The maximum atomic E-state index is 9.67. The van der Waals surface area contributed by atoms with E-state index >= 15 is 0 Å². The van der Waals surface area contributed by atoms with Crippen LogP contribution in [-0.4, -0.2) is 0 Å². The van der Waals surface area contributed by atoms with E-state index in [0.717, 1.165) is 54.8 Å². The molecule has 1 heteroatoms. The van der Waals surface area contributed by atoms with Gasteiger partial charge in [0.2, 0.25) is 0 Å². The van der Waals surface area contributed by atoms with Crippen LogP contribution in [-0.2, 0) is 10.8 Å². The van der Waals surface area contributed by atoms with Gasteiger partial charge < -0.3 is 4.42 Å². The molecule has 264 valence electrons. The third-order valence-electron chi connectivity index (χ3n) is 12.5. The minimum absolute atomic E-state index is 0.0694. The Morgan fingerprint density at radius 2 is 0.982 bits per heavy atom. The van der Waals surface area contributed by atoms with Gasteiger partial charge in [-0.1, -0.05) is 178 Å². The van der Waals surface area contributed by atoms with E-state index in [1.165, 1.54) is 38.9 Å². The molecule has 1 nitrogen and oxygen atoms in total. The monoisotopic (exact) mass is 718 g/mol. The molecule has 2 aliphatic carbocycles. The van der Waals surface area contributed by atoms with E-state index in [9.17, 15) is 2.74 Å². The number of rotatable bonds is 2. The summed E-state index contributed by atoms with van der Waals surface area (Å²) in [4.78, 5) is 0. The van der Waals surface area contributed by atoms with Gasteiger partial charge in [0.25, 0.3) is 0 Å². The maximum absolute atomic E-state index is 9.67. The average Bonchev–Trinajstić information content (AvgIpc) is 3.93. The van der Waals surface area contributed by atoms with Crippen molar-refractivity contribution >= 4 is 43.3 Å². The zero-order chi connectivity index (χ0) is 40.8. The van der Waals surface area contributed by atoms with E-state index in [1.807, 2.05) is 24.3 Å². The summed E-state index contributed by atoms with van der Waals surface area (Å²) in [6.45, 7) is 6.63. The standard InChI is InChI=1S/C55H38O/c1-54(2,3)48-30-33-16-4-5-17-35(33)53-44(48)32-50(56-53)52-42-23-8-6-21-40(42)51(41-22-7-9-24-43(41)52)34-28-29-39-38-20-12-15-27-47(38)55(49(39)31-34)45-25-13-10-18-36(45)37-19-11-14-26-46(37)55/h4-32H,1-3H3/i6D,8D,21D,23D. The van der Waals surface area contributed by atoms with Crippen LogP contribution in [0.5, 0.6) is 0 Å². The molecule has 0 fully saturated rings. The fourth-order valence-corrected chi connectivity index (χ4v) is 10.3. The van der Waals surface area contributed by atoms with Crippen LogP contribution in [0.2, 0.25) is 0 Å². The van der Waals surface area contributed by atoms with Crippen LogP contribution in [0.25, 0.3) is 88.0 Å². The SMILES string of the molecule is [2H]c1c([2H])c([2H])c2c(-c3cc4c(C(C)(C)C)cc5ccccc5c4o3)c3ccccc3c(-c3ccc4c(c3)C3(c5ccccc5-c5ccccc53)c3ccccc3-4)c2c1[2H]. The summed E-state index contributed by atoms with van der Waals surface area (Å²) in [5, 5.41) is 5.77. The molecule has 0 unspecified atom stereocenters. The first-order chi connectivity index (χ1) is 29.1. The Bertz CT molecular complexity index is 3470. The van der Waals surface area contributed by atoms with Crippen LogP contribution in [0.1, 0.15) is 54.1 Å². The molecule has 0 amide bonds. The summed E-state index contributed by atoms with van der Waals surface area (Å²) in [5.41, 5.74) is 13.2. The van der Waals surface area contributed by atoms with Crippen LogP contribution in [0.4, 0.5) is 0 Å². The molecule has 0 radical (unpaired) electrons. The van der Waals surface area contributed by atoms with Crippen LogP contribution in [0.3, 0.4) is 0 Å². The lowest BCUT2D eigenvalue weighted by Crippen LogP contribution is -2.25. The highest BCUT2D eigenvalue weighted by Gasteiger charge is 2.51. The molecule has 0 aliphatic heterocycles. The molecular formula is C55H38O. The average molecular weight is 719 g/mol. The van der Waals surface area contributed by atoms with Crippen molar-refractivity contribution in [1.29, 1.82) is 0 Å². The molecule has 10 aromatic rings. The molecule has 1 aromatic heterocycles. The summed E-state index contributed by atoms with van der Waals surface area (Å²) in [7, 11) is 0. The van der Waals surface area contributed by atoms with E-state index in [2.05, 4.69) is 148 Å². The third-order valence-corrected chi connectivity index (χ3v) is 12.5. The third kappa shape index (κ3) is 4.05. The molecule has 0 bridgehead atoms. The fourth-order valence-electron chi connectivity index (χ4n) is 10.3. The second-order valence-corrected chi connectivity index (χ2v) is 16.4. The number of hydrogen-bond acceptors (Lipinski definition) is 1. The molecule has 1 spiro atoms. The van der Waals surface area contributed by atoms with E-state index in [4.69, 9.17) is 7.16 Å². The lowest BCUT2D eigenvalue weighted by atomic mass is 9.70. The topological polar surface area (TPSA) is 13.1 Å². The lowest BCUT2D eigenvalue weighted by Gasteiger charge is -2.30. The van der Waals surface area contributed by atoms with E-state index in [0.29, 0.717) is 22.1 Å². The highest BCUT2D eigenvalue weighted by atomic mass is 16.3. The van der Waals surface area contributed by atoms with Crippen molar-refractivity contribution in [2.45, 2.75) is 31.6 Å². The molecule has 9 aromatic carbocycles. The minimum Gasteiger partial charge on any atom is -0.455 e. The second kappa shape index (κ2) is 11.2. The van der Waals surface area contributed by atoms with E-state index in [1.54, 1.807) is 0 Å². The molecular weight excluding hydrogens is 677 g/mol. The van der Waals surface area contributed by atoms with Gasteiger partial charge in [-0.15, -0.1) is 0 Å². The number of furan rings is 1. The van der Waals surface area contributed by atoms with Gasteiger partial charge in [0.1, 0.15) is 11.3 Å². The minimum atomic E-state index is -0.568. The highest BCUT2D eigenvalue weighted by molar-refractivity contribution is 6.22. The second-order valence-electron chi connectivity index (χ2n) is 16.4. The van der Waals surface area contributed by atoms with Gasteiger partial charge in [-0.05, 0) is 112 Å². The van der Waals surface area contributed by atoms with Gasteiger partial charge in [0.15, 0.2) is 0 Å². The highest BCUT2D eigenvalue weighted by Crippen LogP contribution is 2.63. The lowest BCUT2D eigenvalue weighted by molar-refractivity contribution is 0.595. The Kier molecular flexibility index (Phi) is 5.56. The molecule has 0 saturated heterocycles. The van der Waals surface area contributed by atoms with Crippen LogP contribution < -0.4 is 0 Å². The maximum Gasteiger partial charge on any atom is 0.142 e. The van der Waals surface area contributed by atoms with Crippen LogP contribution in [0.15, 0.2) is 180 Å². The van der Waals surface area contributed by atoms with Crippen molar-refractivity contribution in [3.8, 4) is 44.7 Å². The Hall–Kier alpha value is -6.70. The van der Waals surface area contributed by atoms with Crippen molar-refractivity contribution in [2.75, 3.05) is 0 Å². The Balaban J connectivity index is 1.21. The van der Waals surface area contributed by atoms with Crippen molar-refractivity contribution in [2.24, 2.45) is 0 Å². The number of benzene rings is 9. The summed E-state index contributed by atoms with van der Waals surface area (Å²) in [5.74, 6) is 0.576. The van der Waals surface area contributed by atoms with Crippen molar-refractivity contribution in [3.63, 3.8) is 0 Å². The zero-order valence-electron chi connectivity index (χ0n) is 35.3. The fraction of sp³-hybridized carbons (Fsp3) is 0.0909. The molecule has 56 heavy (non-hydrogen) atoms. The largest absolute Gasteiger partial charge is 0.455 e. The van der Waals surface area contributed by atoms with Crippen molar-refractivity contribution < 1.29 is 9.90 Å². The van der Waals surface area contributed by atoms with Gasteiger partial charge in [-0.3, -0.25) is 0 Å². The normalized spacial score (nSPS) is 14.8. The first kappa shape index (κ1) is 27.8. The molecule has 0 saturated carbocycles. The molecule has 12 rings (SSSR count). The summed E-state index contributed by atoms with van der Waals surface area (Å²) in [6, 6.07) is 53.1. The Morgan fingerprint density at radius 3 is 1.61 bits per heavy atom. The zero-order valence-corrected chi connectivity index (χ0v) is 31.3. The van der Waals surface area contributed by atoms with E-state index in [-0.39, 0.29) is 29.6 Å². The molecule has 1 heterocycles. The predicted molar refractivity (Wildman–Crippen MR) is 235 cm³/mol.